The Kier molecular flexibility index (Phi) is 6.11. The molecule has 2 fully saturated rings. The van der Waals surface area contributed by atoms with Crippen LogP contribution in [0.3, 0.4) is 0 Å². The second-order valence-corrected chi connectivity index (χ2v) is 6.43. The van der Waals surface area contributed by atoms with Crippen molar-refractivity contribution in [3.63, 3.8) is 0 Å². The van der Waals surface area contributed by atoms with Gasteiger partial charge in [-0.15, -0.1) is 0 Å². The number of rotatable bonds is 5. The molecule has 0 bridgehead atoms. The summed E-state index contributed by atoms with van der Waals surface area (Å²) in [7, 11) is 0. The second-order valence-electron chi connectivity index (χ2n) is 6.43. The third kappa shape index (κ3) is 4.17. The molecule has 3 nitrogen and oxygen atoms in total. The van der Waals surface area contributed by atoms with Crippen LogP contribution in [0.2, 0.25) is 0 Å². The van der Waals surface area contributed by atoms with Gasteiger partial charge in [-0.05, 0) is 37.5 Å². The van der Waals surface area contributed by atoms with Crippen LogP contribution in [0.4, 0.5) is 0 Å². The van der Waals surface area contributed by atoms with E-state index >= 15 is 0 Å². The number of aliphatic hydroxyl groups excluding tert-OH is 1. The van der Waals surface area contributed by atoms with E-state index in [1.165, 1.54) is 25.7 Å². The van der Waals surface area contributed by atoms with E-state index < -0.39 is 0 Å². The van der Waals surface area contributed by atoms with Crippen LogP contribution in [0.25, 0.3) is 0 Å². The summed E-state index contributed by atoms with van der Waals surface area (Å²) in [5.74, 6) is 1.33. The number of hydrogen-bond donors (Lipinski definition) is 1. The first-order chi connectivity index (χ1) is 9.24. The Morgan fingerprint density at radius 2 is 2.11 bits per heavy atom. The summed E-state index contributed by atoms with van der Waals surface area (Å²) in [4.78, 5) is 2.56. The normalized spacial score (nSPS) is 37.4. The van der Waals surface area contributed by atoms with Crippen LogP contribution >= 0.6 is 0 Å². The number of aliphatic hydroxyl groups is 1. The summed E-state index contributed by atoms with van der Waals surface area (Å²) in [6, 6.07) is 0.563. The van der Waals surface area contributed by atoms with Crippen molar-refractivity contribution in [2.24, 2.45) is 11.8 Å². The van der Waals surface area contributed by atoms with Crippen LogP contribution < -0.4 is 0 Å². The summed E-state index contributed by atoms with van der Waals surface area (Å²) in [5, 5.41) is 10.3. The third-order valence-corrected chi connectivity index (χ3v) is 5.04. The zero-order chi connectivity index (χ0) is 13.7. The summed E-state index contributed by atoms with van der Waals surface area (Å²) >= 11 is 0. The van der Waals surface area contributed by atoms with Gasteiger partial charge in [-0.25, -0.2) is 0 Å². The molecule has 4 atom stereocenters. The first-order valence-corrected chi connectivity index (χ1v) is 8.24. The van der Waals surface area contributed by atoms with E-state index in [4.69, 9.17) is 4.74 Å². The fourth-order valence-corrected chi connectivity index (χ4v) is 3.82. The van der Waals surface area contributed by atoms with Gasteiger partial charge in [0.25, 0.3) is 0 Å². The van der Waals surface area contributed by atoms with Crippen LogP contribution in [-0.4, -0.2) is 48.5 Å². The predicted molar refractivity (Wildman–Crippen MR) is 78.2 cm³/mol. The zero-order valence-corrected chi connectivity index (χ0v) is 12.7. The van der Waals surface area contributed by atoms with E-state index in [1.54, 1.807) is 0 Å². The highest BCUT2D eigenvalue weighted by Crippen LogP contribution is 2.33. The van der Waals surface area contributed by atoms with Gasteiger partial charge in [0.15, 0.2) is 0 Å². The lowest BCUT2D eigenvalue weighted by Crippen LogP contribution is -2.49. The summed E-state index contributed by atoms with van der Waals surface area (Å²) in [6.07, 6.45) is 7.16. The molecule has 1 aliphatic carbocycles. The van der Waals surface area contributed by atoms with Gasteiger partial charge in [-0.1, -0.05) is 26.7 Å². The molecule has 19 heavy (non-hydrogen) atoms. The molecule has 0 amide bonds. The van der Waals surface area contributed by atoms with Crippen LogP contribution in [0.15, 0.2) is 0 Å². The van der Waals surface area contributed by atoms with Gasteiger partial charge in [0.2, 0.25) is 0 Å². The van der Waals surface area contributed by atoms with Crippen molar-refractivity contribution < 1.29 is 9.84 Å². The Hall–Kier alpha value is -0.120. The maximum Gasteiger partial charge on any atom is 0.0622 e. The molecule has 1 saturated carbocycles. The largest absolute Gasteiger partial charge is 0.393 e. The van der Waals surface area contributed by atoms with Crippen molar-refractivity contribution in [3.05, 3.63) is 0 Å². The minimum Gasteiger partial charge on any atom is -0.393 e. The molecule has 1 N–H and O–H groups in total. The second kappa shape index (κ2) is 7.61. The van der Waals surface area contributed by atoms with Crippen molar-refractivity contribution in [2.75, 3.05) is 26.3 Å². The van der Waals surface area contributed by atoms with Gasteiger partial charge in [-0.3, -0.25) is 4.90 Å². The topological polar surface area (TPSA) is 32.7 Å². The molecule has 112 valence electrons. The molecular weight excluding hydrogens is 238 g/mol. The number of ether oxygens (including phenoxy) is 1. The van der Waals surface area contributed by atoms with E-state index in [0.29, 0.717) is 12.0 Å². The lowest BCUT2D eigenvalue weighted by molar-refractivity contribution is -0.0394. The minimum atomic E-state index is -0.0755. The van der Waals surface area contributed by atoms with E-state index in [-0.39, 0.29) is 6.10 Å². The Morgan fingerprint density at radius 1 is 1.26 bits per heavy atom. The Labute approximate surface area is 118 Å². The quantitative estimate of drug-likeness (QED) is 0.833. The van der Waals surface area contributed by atoms with Gasteiger partial charge < -0.3 is 9.84 Å². The van der Waals surface area contributed by atoms with E-state index in [1.807, 2.05) is 0 Å². The monoisotopic (exact) mass is 269 g/mol. The minimum absolute atomic E-state index is 0.0755. The lowest BCUT2D eigenvalue weighted by atomic mass is 9.77. The Bertz CT molecular complexity index is 259. The first-order valence-electron chi connectivity index (χ1n) is 8.24. The molecule has 0 aromatic carbocycles. The first kappa shape index (κ1) is 15.3. The molecule has 1 heterocycles. The summed E-state index contributed by atoms with van der Waals surface area (Å²) < 4.78 is 5.57. The van der Waals surface area contributed by atoms with Crippen molar-refractivity contribution in [3.8, 4) is 0 Å². The molecule has 4 unspecified atom stereocenters. The molecule has 0 aromatic rings. The number of hydrogen-bond acceptors (Lipinski definition) is 3. The van der Waals surface area contributed by atoms with Crippen molar-refractivity contribution in [1.29, 1.82) is 0 Å². The molecule has 0 aromatic heterocycles. The fourth-order valence-electron chi connectivity index (χ4n) is 3.82. The molecule has 1 saturated heterocycles. The van der Waals surface area contributed by atoms with Crippen LogP contribution in [-0.2, 0) is 4.74 Å². The zero-order valence-electron chi connectivity index (χ0n) is 12.7. The highest BCUT2D eigenvalue weighted by Gasteiger charge is 2.32. The average molecular weight is 269 g/mol. The van der Waals surface area contributed by atoms with Gasteiger partial charge in [0.05, 0.1) is 19.3 Å². The van der Waals surface area contributed by atoms with Crippen molar-refractivity contribution in [2.45, 2.75) is 64.5 Å². The van der Waals surface area contributed by atoms with Gasteiger partial charge in [-0.2, -0.15) is 0 Å². The Balaban J connectivity index is 1.87. The van der Waals surface area contributed by atoms with E-state index in [0.717, 1.165) is 45.1 Å². The van der Waals surface area contributed by atoms with Crippen LogP contribution in [0.5, 0.6) is 0 Å². The summed E-state index contributed by atoms with van der Waals surface area (Å²) in [5.41, 5.74) is 0. The lowest BCUT2D eigenvalue weighted by Gasteiger charge is -2.41. The maximum atomic E-state index is 10.3. The highest BCUT2D eigenvalue weighted by molar-refractivity contribution is 4.84. The van der Waals surface area contributed by atoms with Gasteiger partial charge in [0.1, 0.15) is 0 Å². The smallest absolute Gasteiger partial charge is 0.0622 e. The molecule has 3 heteroatoms. The van der Waals surface area contributed by atoms with Crippen molar-refractivity contribution >= 4 is 0 Å². The average Bonchev–Trinajstić information content (AvgIpc) is 2.43. The van der Waals surface area contributed by atoms with E-state index in [2.05, 4.69) is 18.7 Å². The van der Waals surface area contributed by atoms with E-state index in [9.17, 15) is 5.11 Å². The van der Waals surface area contributed by atoms with Gasteiger partial charge in [0, 0.05) is 19.1 Å². The maximum absolute atomic E-state index is 10.3. The molecule has 2 aliphatic rings. The standard InChI is InChI=1S/C16H31NO2/c1-3-5-13-6-7-16(18)14(10-13)11-17-8-9-19-12-15(17)4-2/h13-16,18H,3-12H2,1-2H3. The molecular formula is C16H31NO2. The molecule has 2 rings (SSSR count). The SMILES string of the molecule is CCCC1CCC(O)C(CN2CCOCC2CC)C1. The Morgan fingerprint density at radius 3 is 2.84 bits per heavy atom. The number of nitrogens with zero attached hydrogens (tertiary/aromatic N) is 1. The van der Waals surface area contributed by atoms with Gasteiger partial charge >= 0.3 is 0 Å². The molecule has 1 aliphatic heterocycles. The van der Waals surface area contributed by atoms with Crippen molar-refractivity contribution in [1.82, 2.24) is 4.90 Å². The number of morpholine rings is 1. The van der Waals surface area contributed by atoms with Crippen LogP contribution in [0, 0.1) is 11.8 Å². The third-order valence-electron chi connectivity index (χ3n) is 5.04. The van der Waals surface area contributed by atoms with Crippen LogP contribution in [0.1, 0.15) is 52.4 Å². The highest BCUT2D eigenvalue weighted by atomic mass is 16.5. The summed E-state index contributed by atoms with van der Waals surface area (Å²) in [6.45, 7) is 8.36. The molecule has 0 radical (unpaired) electrons. The predicted octanol–water partition coefficient (Wildman–Crippen LogP) is 2.67. The fraction of sp³-hybridized carbons (Fsp3) is 1.00. The molecule has 0 spiro atoms.